The molecule has 0 radical (unpaired) electrons. The second-order valence-electron chi connectivity index (χ2n) is 7.26. The summed E-state index contributed by atoms with van der Waals surface area (Å²) in [6, 6.07) is 7.34. The molecule has 1 aromatic carbocycles. The Morgan fingerprint density at radius 1 is 1.24 bits per heavy atom. The number of hydrogen-bond donors (Lipinski definition) is 1. The number of rotatable bonds is 5. The van der Waals surface area contributed by atoms with E-state index in [0.717, 1.165) is 4.90 Å². The molecule has 1 N–H and O–H groups in total. The number of H-pyrrole nitrogens is 1. The van der Waals surface area contributed by atoms with Crippen molar-refractivity contribution in [3.8, 4) is 0 Å². The molecule has 1 fully saturated rings. The van der Waals surface area contributed by atoms with Crippen LogP contribution in [0.2, 0.25) is 0 Å². The number of ether oxygens (including phenoxy) is 1. The van der Waals surface area contributed by atoms with Gasteiger partial charge in [-0.05, 0) is 38.5 Å². The van der Waals surface area contributed by atoms with Crippen LogP contribution in [0.15, 0.2) is 29.2 Å². The number of ketones is 2. The molecule has 1 atom stereocenters. The minimum absolute atomic E-state index is 0.132. The van der Waals surface area contributed by atoms with E-state index in [2.05, 4.69) is 4.98 Å². The first-order valence-electron chi connectivity index (χ1n) is 9.28. The summed E-state index contributed by atoms with van der Waals surface area (Å²) >= 11 is 1.29. The molecule has 8 heteroatoms. The number of esters is 1. The number of aromatic nitrogens is 1. The van der Waals surface area contributed by atoms with Gasteiger partial charge in [-0.3, -0.25) is 19.3 Å². The molecule has 2 aliphatic rings. The van der Waals surface area contributed by atoms with E-state index in [0.29, 0.717) is 28.9 Å². The highest BCUT2D eigenvalue weighted by atomic mass is 32.2. The van der Waals surface area contributed by atoms with E-state index in [4.69, 9.17) is 4.74 Å². The number of benzene rings is 1. The molecule has 4 rings (SSSR count). The second kappa shape index (κ2) is 6.88. The second-order valence-corrected chi connectivity index (χ2v) is 8.58. The number of nitrogens with zero attached hydrogens (tertiary/aromatic N) is 1. The van der Waals surface area contributed by atoms with Crippen molar-refractivity contribution in [2.24, 2.45) is 0 Å². The topological polar surface area (TPSA) is 96.5 Å². The van der Waals surface area contributed by atoms with Crippen molar-refractivity contribution >= 4 is 40.9 Å². The van der Waals surface area contributed by atoms with Crippen molar-refractivity contribution in [3.63, 3.8) is 0 Å². The van der Waals surface area contributed by atoms with Gasteiger partial charge in [0, 0.05) is 29.0 Å². The first kappa shape index (κ1) is 19.4. The molecule has 7 nitrogen and oxygen atoms in total. The van der Waals surface area contributed by atoms with Crippen LogP contribution < -0.4 is 4.90 Å². The first-order chi connectivity index (χ1) is 13.8. The monoisotopic (exact) mass is 412 g/mol. The molecule has 0 aliphatic carbocycles. The number of aryl methyl sites for hydroxylation is 1. The van der Waals surface area contributed by atoms with Gasteiger partial charge in [0.05, 0.1) is 11.4 Å². The molecule has 1 saturated heterocycles. The largest absolute Gasteiger partial charge is 0.455 e. The Morgan fingerprint density at radius 3 is 2.66 bits per heavy atom. The van der Waals surface area contributed by atoms with Gasteiger partial charge in [-0.1, -0.05) is 23.9 Å². The lowest BCUT2D eigenvalue weighted by atomic mass is 10.1. The normalized spacial score (nSPS) is 19.8. The van der Waals surface area contributed by atoms with Crippen molar-refractivity contribution in [3.05, 3.63) is 46.8 Å². The molecule has 150 valence electrons. The number of carbonyl (C=O) groups excluding carboxylic acids is 4. The average molecular weight is 412 g/mol. The quantitative estimate of drug-likeness (QED) is 0.598. The van der Waals surface area contributed by atoms with Crippen molar-refractivity contribution in [1.29, 1.82) is 0 Å². The summed E-state index contributed by atoms with van der Waals surface area (Å²) in [6.07, 6.45) is 0.578. The summed E-state index contributed by atoms with van der Waals surface area (Å²) in [5.74, 6) is -1.29. The third-order valence-electron chi connectivity index (χ3n) is 5.40. The van der Waals surface area contributed by atoms with Crippen LogP contribution in [0.1, 0.15) is 51.9 Å². The zero-order valence-electron chi connectivity index (χ0n) is 16.3. The molecule has 1 aromatic heterocycles. The number of Topliss-reactive ketones (excluding diaryl/α,β-unsaturated/α-hetero) is 2. The molecule has 2 aliphatic heterocycles. The Labute approximate surface area is 171 Å². The van der Waals surface area contributed by atoms with E-state index in [1.807, 2.05) is 18.2 Å². The lowest BCUT2D eigenvalue weighted by Gasteiger charge is -2.28. The Balaban J connectivity index is 1.54. The Morgan fingerprint density at radius 2 is 1.97 bits per heavy atom. The highest BCUT2D eigenvalue weighted by molar-refractivity contribution is 8.02. The summed E-state index contributed by atoms with van der Waals surface area (Å²) in [6.45, 7) is 4.39. The minimum atomic E-state index is -1.16. The number of hydrogen-bond acceptors (Lipinski definition) is 6. The lowest BCUT2D eigenvalue weighted by Crippen LogP contribution is -2.48. The zero-order chi connectivity index (χ0) is 20.9. The molecule has 0 saturated carbocycles. The van der Waals surface area contributed by atoms with Crippen LogP contribution in [0.3, 0.4) is 0 Å². The number of carbonyl (C=O) groups is 4. The van der Waals surface area contributed by atoms with E-state index >= 15 is 0 Å². The lowest BCUT2D eigenvalue weighted by molar-refractivity contribution is -0.145. The first-order valence-corrected chi connectivity index (χ1v) is 10.1. The number of amides is 1. The highest BCUT2D eigenvalue weighted by Gasteiger charge is 2.58. The van der Waals surface area contributed by atoms with E-state index in [1.165, 1.54) is 23.6 Å². The maximum atomic E-state index is 13.0. The SMILES string of the molecule is CC(=O)c1c(C)[nH]c(C(=O)COC(=O)[C@@]23CCC(=O)N2c2ccccc2S3)c1C. The van der Waals surface area contributed by atoms with Gasteiger partial charge in [0.15, 0.2) is 17.3 Å². The molecule has 2 aromatic rings. The number of para-hydroxylation sites is 1. The standard InChI is InChI=1S/C21H20N2O5S/c1-11-18(13(3)24)12(2)22-19(11)15(25)10-28-20(27)21-9-8-17(26)23(21)14-6-4-5-7-16(14)29-21/h4-7,22H,8-10H2,1-3H3/t21-/m0/s1. The van der Waals surface area contributed by atoms with Crippen LogP contribution in [-0.4, -0.2) is 39.9 Å². The van der Waals surface area contributed by atoms with Gasteiger partial charge in [0.1, 0.15) is 0 Å². The van der Waals surface area contributed by atoms with E-state index in [1.54, 1.807) is 19.9 Å². The third kappa shape index (κ3) is 2.90. The predicted molar refractivity (Wildman–Crippen MR) is 107 cm³/mol. The number of nitrogens with one attached hydrogen (secondary N) is 1. The molecule has 0 unspecified atom stereocenters. The van der Waals surface area contributed by atoms with Crippen LogP contribution >= 0.6 is 11.8 Å². The number of fused-ring (bicyclic) bond motifs is 3. The number of aromatic amines is 1. The highest BCUT2D eigenvalue weighted by Crippen LogP contribution is 2.56. The Hall–Kier alpha value is -2.87. The van der Waals surface area contributed by atoms with E-state index in [9.17, 15) is 19.2 Å². The Bertz CT molecular complexity index is 1070. The number of anilines is 1. The van der Waals surface area contributed by atoms with Gasteiger partial charge >= 0.3 is 5.97 Å². The smallest absolute Gasteiger partial charge is 0.343 e. The summed E-state index contributed by atoms with van der Waals surface area (Å²) < 4.78 is 5.38. The molecular weight excluding hydrogens is 392 g/mol. The van der Waals surface area contributed by atoms with Gasteiger partial charge in [-0.2, -0.15) is 0 Å². The van der Waals surface area contributed by atoms with E-state index < -0.39 is 23.2 Å². The van der Waals surface area contributed by atoms with Gasteiger partial charge in [0.2, 0.25) is 11.7 Å². The Kier molecular flexibility index (Phi) is 4.61. The molecule has 0 bridgehead atoms. The van der Waals surface area contributed by atoms with Gasteiger partial charge in [0.25, 0.3) is 0 Å². The maximum absolute atomic E-state index is 13.0. The van der Waals surface area contributed by atoms with Gasteiger partial charge < -0.3 is 9.72 Å². The molecular formula is C21H20N2O5S. The summed E-state index contributed by atoms with van der Waals surface area (Å²) in [7, 11) is 0. The molecule has 3 heterocycles. The summed E-state index contributed by atoms with van der Waals surface area (Å²) in [5.41, 5.74) is 2.60. The van der Waals surface area contributed by atoms with Crippen LogP contribution in [0, 0.1) is 13.8 Å². The van der Waals surface area contributed by atoms with Crippen molar-refractivity contribution in [2.75, 3.05) is 11.5 Å². The fourth-order valence-electron chi connectivity index (χ4n) is 4.15. The summed E-state index contributed by atoms with van der Waals surface area (Å²) in [4.78, 5) is 54.0. The molecule has 29 heavy (non-hydrogen) atoms. The number of thioether (sulfide) groups is 1. The van der Waals surface area contributed by atoms with Crippen molar-refractivity contribution < 1.29 is 23.9 Å². The molecule has 0 spiro atoms. The predicted octanol–water partition coefficient (Wildman–Crippen LogP) is 3.19. The average Bonchev–Trinajstić information content (AvgIpc) is 3.29. The van der Waals surface area contributed by atoms with E-state index in [-0.39, 0.29) is 23.8 Å². The van der Waals surface area contributed by atoms with Crippen molar-refractivity contribution in [2.45, 2.75) is 43.4 Å². The fraction of sp³-hybridized carbons (Fsp3) is 0.333. The molecule has 1 amide bonds. The zero-order valence-corrected chi connectivity index (χ0v) is 17.1. The van der Waals surface area contributed by atoms with Gasteiger partial charge in [-0.15, -0.1) is 0 Å². The van der Waals surface area contributed by atoms with Crippen molar-refractivity contribution in [1.82, 2.24) is 4.98 Å². The minimum Gasteiger partial charge on any atom is -0.455 e. The van der Waals surface area contributed by atoms with Crippen LogP contribution in [0.5, 0.6) is 0 Å². The summed E-state index contributed by atoms with van der Waals surface area (Å²) in [5, 5.41) is 0. The van der Waals surface area contributed by atoms with Crippen LogP contribution in [0.4, 0.5) is 5.69 Å². The third-order valence-corrected chi connectivity index (χ3v) is 6.85. The van der Waals surface area contributed by atoms with Gasteiger partial charge in [-0.25, -0.2) is 4.79 Å². The maximum Gasteiger partial charge on any atom is 0.343 e. The van der Waals surface area contributed by atoms with Crippen LogP contribution in [0.25, 0.3) is 0 Å². The van der Waals surface area contributed by atoms with Crippen LogP contribution in [-0.2, 0) is 14.3 Å². The fourth-order valence-corrected chi connectivity index (χ4v) is 5.56.